The molecule has 0 saturated heterocycles. The second-order valence-electron chi connectivity index (χ2n) is 3.52. The maximum absolute atomic E-state index is 11.7. The van der Waals surface area contributed by atoms with Crippen LogP contribution in [0.4, 0.5) is 0 Å². The molecular formula is C12H14O4. The van der Waals surface area contributed by atoms with Crippen molar-refractivity contribution in [2.24, 2.45) is 0 Å². The quantitative estimate of drug-likeness (QED) is 0.774. The Hall–Kier alpha value is -1.84. The number of carbonyl (C=O) groups excluding carboxylic acids is 1. The molecule has 0 radical (unpaired) electrons. The highest BCUT2D eigenvalue weighted by atomic mass is 16.5. The van der Waals surface area contributed by atoms with Gasteiger partial charge < -0.3 is 9.84 Å². The molecule has 1 aromatic rings. The smallest absolute Gasteiger partial charge is 0.303 e. The number of carbonyl (C=O) groups is 2. The molecule has 1 rings (SSSR count). The first-order valence-electron chi connectivity index (χ1n) is 4.94. The van der Waals surface area contributed by atoms with Crippen molar-refractivity contribution < 1.29 is 19.4 Å². The van der Waals surface area contributed by atoms with Gasteiger partial charge in [-0.15, -0.1) is 0 Å². The predicted molar refractivity (Wildman–Crippen MR) is 58.9 cm³/mol. The maximum atomic E-state index is 11.7. The number of carboxylic acid groups (broad SMARTS) is 1. The standard InChI is InChI=1S/C12H14O4/c1-8-3-4-9(11(7-8)16-2)10(13)5-6-12(14)15/h3-4,7H,5-6H2,1-2H3,(H,14,15). The molecule has 0 unspecified atom stereocenters. The van der Waals surface area contributed by atoms with Crippen molar-refractivity contribution in [3.8, 4) is 5.75 Å². The van der Waals surface area contributed by atoms with Crippen molar-refractivity contribution in [2.45, 2.75) is 19.8 Å². The molecule has 1 N–H and O–H groups in total. The third-order valence-electron chi connectivity index (χ3n) is 2.22. The van der Waals surface area contributed by atoms with Crippen LogP contribution in [0.3, 0.4) is 0 Å². The van der Waals surface area contributed by atoms with Crippen molar-refractivity contribution in [3.63, 3.8) is 0 Å². The third kappa shape index (κ3) is 3.08. The molecule has 0 aliphatic carbocycles. The molecule has 4 heteroatoms. The average Bonchev–Trinajstić information content (AvgIpc) is 2.25. The summed E-state index contributed by atoms with van der Waals surface area (Å²) in [5.41, 5.74) is 1.43. The van der Waals surface area contributed by atoms with E-state index in [-0.39, 0.29) is 18.6 Å². The summed E-state index contributed by atoms with van der Waals surface area (Å²) in [5.74, 6) is -0.686. The Kier molecular flexibility index (Phi) is 4.05. The van der Waals surface area contributed by atoms with Gasteiger partial charge in [0.05, 0.1) is 19.1 Å². The number of aryl methyl sites for hydroxylation is 1. The van der Waals surface area contributed by atoms with Crippen molar-refractivity contribution in [1.29, 1.82) is 0 Å². The van der Waals surface area contributed by atoms with Crippen molar-refractivity contribution in [2.75, 3.05) is 7.11 Å². The van der Waals surface area contributed by atoms with Crippen LogP contribution in [0.5, 0.6) is 5.75 Å². The first kappa shape index (κ1) is 12.2. The average molecular weight is 222 g/mol. The molecule has 0 amide bonds. The number of benzene rings is 1. The normalized spacial score (nSPS) is 9.88. The summed E-state index contributed by atoms with van der Waals surface area (Å²) >= 11 is 0. The highest BCUT2D eigenvalue weighted by molar-refractivity contribution is 5.99. The molecule has 0 heterocycles. The van der Waals surface area contributed by atoms with E-state index in [1.54, 1.807) is 18.2 Å². The first-order valence-corrected chi connectivity index (χ1v) is 4.94. The van der Waals surface area contributed by atoms with Gasteiger partial charge in [0, 0.05) is 6.42 Å². The number of aliphatic carboxylic acids is 1. The summed E-state index contributed by atoms with van der Waals surface area (Å²) in [5, 5.41) is 8.50. The summed E-state index contributed by atoms with van der Waals surface area (Å²) in [7, 11) is 1.49. The molecule has 0 bridgehead atoms. The number of hydrogen-bond donors (Lipinski definition) is 1. The minimum Gasteiger partial charge on any atom is -0.496 e. The monoisotopic (exact) mass is 222 g/mol. The van der Waals surface area contributed by atoms with Gasteiger partial charge in [0.2, 0.25) is 0 Å². The van der Waals surface area contributed by atoms with Gasteiger partial charge in [-0.3, -0.25) is 9.59 Å². The maximum Gasteiger partial charge on any atom is 0.303 e. The van der Waals surface area contributed by atoms with Gasteiger partial charge in [-0.05, 0) is 24.6 Å². The fourth-order valence-electron chi connectivity index (χ4n) is 1.38. The molecule has 4 nitrogen and oxygen atoms in total. The zero-order valence-corrected chi connectivity index (χ0v) is 9.32. The molecule has 0 saturated carbocycles. The van der Waals surface area contributed by atoms with Crippen LogP contribution in [-0.4, -0.2) is 24.0 Å². The summed E-state index contributed by atoms with van der Waals surface area (Å²) < 4.78 is 5.09. The van der Waals surface area contributed by atoms with Gasteiger partial charge in [0.15, 0.2) is 5.78 Å². The number of methoxy groups -OCH3 is 1. The van der Waals surface area contributed by atoms with E-state index in [1.807, 2.05) is 6.92 Å². The van der Waals surface area contributed by atoms with Gasteiger partial charge in [-0.25, -0.2) is 0 Å². The zero-order valence-electron chi connectivity index (χ0n) is 9.32. The minimum atomic E-state index is -0.973. The Morgan fingerprint density at radius 1 is 1.31 bits per heavy atom. The van der Waals surface area contributed by atoms with Crippen LogP contribution in [0.1, 0.15) is 28.8 Å². The van der Waals surface area contributed by atoms with Crippen LogP contribution in [0.2, 0.25) is 0 Å². The van der Waals surface area contributed by atoms with E-state index in [0.29, 0.717) is 11.3 Å². The number of ketones is 1. The lowest BCUT2D eigenvalue weighted by Crippen LogP contribution is -2.05. The van der Waals surface area contributed by atoms with Gasteiger partial charge in [0.1, 0.15) is 5.75 Å². The Morgan fingerprint density at radius 2 is 2.00 bits per heavy atom. The van der Waals surface area contributed by atoms with Crippen LogP contribution in [-0.2, 0) is 4.79 Å². The van der Waals surface area contributed by atoms with Crippen LogP contribution in [0, 0.1) is 6.92 Å². The molecule has 0 fully saturated rings. The Morgan fingerprint density at radius 3 is 2.56 bits per heavy atom. The number of carboxylic acids is 1. The second-order valence-corrected chi connectivity index (χ2v) is 3.52. The summed E-state index contributed by atoms with van der Waals surface area (Å²) in [6, 6.07) is 5.23. The topological polar surface area (TPSA) is 63.6 Å². The highest BCUT2D eigenvalue weighted by Crippen LogP contribution is 2.21. The molecule has 16 heavy (non-hydrogen) atoms. The SMILES string of the molecule is COc1cc(C)ccc1C(=O)CCC(=O)O. The molecular weight excluding hydrogens is 208 g/mol. The number of Topliss-reactive ketones (excluding diaryl/α,β-unsaturated/α-hetero) is 1. The fourth-order valence-corrected chi connectivity index (χ4v) is 1.38. The fraction of sp³-hybridized carbons (Fsp3) is 0.333. The Bertz CT molecular complexity index is 409. The van der Waals surface area contributed by atoms with Crippen molar-refractivity contribution in [1.82, 2.24) is 0 Å². The van der Waals surface area contributed by atoms with Gasteiger partial charge in [0.25, 0.3) is 0 Å². The number of ether oxygens (including phenoxy) is 1. The van der Waals surface area contributed by atoms with E-state index in [9.17, 15) is 9.59 Å². The lowest BCUT2D eigenvalue weighted by molar-refractivity contribution is -0.136. The highest BCUT2D eigenvalue weighted by Gasteiger charge is 2.13. The number of rotatable bonds is 5. The largest absolute Gasteiger partial charge is 0.496 e. The predicted octanol–water partition coefficient (Wildman–Crippen LogP) is 2.05. The third-order valence-corrected chi connectivity index (χ3v) is 2.22. The molecule has 0 atom stereocenters. The molecule has 0 aliphatic rings. The second kappa shape index (κ2) is 5.30. The summed E-state index contributed by atoms with van der Waals surface area (Å²) in [6.07, 6.45) is -0.162. The Labute approximate surface area is 93.9 Å². The molecule has 0 aliphatic heterocycles. The number of hydrogen-bond acceptors (Lipinski definition) is 3. The van der Waals surface area contributed by atoms with Gasteiger partial charge in [-0.1, -0.05) is 6.07 Å². The molecule has 0 aromatic heterocycles. The van der Waals surface area contributed by atoms with E-state index >= 15 is 0 Å². The van der Waals surface area contributed by atoms with Crippen molar-refractivity contribution >= 4 is 11.8 Å². The molecule has 0 spiro atoms. The lowest BCUT2D eigenvalue weighted by Gasteiger charge is -2.07. The van der Waals surface area contributed by atoms with E-state index < -0.39 is 5.97 Å². The zero-order chi connectivity index (χ0) is 12.1. The van der Waals surface area contributed by atoms with Gasteiger partial charge >= 0.3 is 5.97 Å². The van der Waals surface area contributed by atoms with Crippen LogP contribution < -0.4 is 4.74 Å². The molecule has 86 valence electrons. The van der Waals surface area contributed by atoms with E-state index in [0.717, 1.165) is 5.56 Å². The summed E-state index contributed by atoms with van der Waals surface area (Å²) in [6.45, 7) is 1.90. The lowest BCUT2D eigenvalue weighted by atomic mass is 10.0. The van der Waals surface area contributed by atoms with E-state index in [1.165, 1.54) is 7.11 Å². The van der Waals surface area contributed by atoms with Crippen molar-refractivity contribution in [3.05, 3.63) is 29.3 Å². The first-order chi connectivity index (χ1) is 7.54. The van der Waals surface area contributed by atoms with E-state index in [2.05, 4.69) is 0 Å². The summed E-state index contributed by atoms with van der Waals surface area (Å²) in [4.78, 5) is 22.1. The molecule has 1 aromatic carbocycles. The van der Waals surface area contributed by atoms with E-state index in [4.69, 9.17) is 9.84 Å². The van der Waals surface area contributed by atoms with Gasteiger partial charge in [-0.2, -0.15) is 0 Å². The van der Waals surface area contributed by atoms with Crippen LogP contribution >= 0.6 is 0 Å². The Balaban J connectivity index is 2.86. The van der Waals surface area contributed by atoms with Crippen LogP contribution in [0.15, 0.2) is 18.2 Å². The minimum absolute atomic E-state index is 0.00520. The van der Waals surface area contributed by atoms with Crippen LogP contribution in [0.25, 0.3) is 0 Å².